The van der Waals surface area contributed by atoms with Crippen LogP contribution in [0.5, 0.6) is 0 Å². The first-order valence-electron chi connectivity index (χ1n) is 7.80. The number of hydrogen-bond acceptors (Lipinski definition) is 1. The van der Waals surface area contributed by atoms with E-state index >= 15 is 0 Å². The van der Waals surface area contributed by atoms with E-state index in [1.54, 1.807) is 0 Å². The standard InChI is InChI=1S/C20H17N2.Ir/c1-12-8-9-16-18-17(12)14-6-4-5-7-15(14)19-21-11-13(22(18)19)10-20(16,2)3;/h4-6,8-9,11H,10H2,1-3H3;/q-1;. The monoisotopic (exact) mass is 478 g/mol. The molecule has 0 N–H and O–H groups in total. The molecule has 0 unspecified atom stereocenters. The molecular weight excluding hydrogens is 460 g/mol. The van der Waals surface area contributed by atoms with Gasteiger partial charge in [0.25, 0.3) is 0 Å². The van der Waals surface area contributed by atoms with E-state index in [2.05, 4.69) is 55.5 Å². The minimum absolute atomic E-state index is 0. The molecule has 2 aromatic heterocycles. The topological polar surface area (TPSA) is 17.3 Å². The second-order valence-corrected chi connectivity index (χ2v) is 7.08. The molecule has 23 heavy (non-hydrogen) atoms. The van der Waals surface area contributed by atoms with Gasteiger partial charge in [0.05, 0.1) is 5.65 Å². The van der Waals surface area contributed by atoms with Gasteiger partial charge in [0, 0.05) is 37.5 Å². The Bertz CT molecular complexity index is 1090. The molecule has 0 amide bonds. The summed E-state index contributed by atoms with van der Waals surface area (Å²) >= 11 is 0. The van der Waals surface area contributed by atoms with Crippen molar-refractivity contribution in [2.75, 3.05) is 0 Å². The van der Waals surface area contributed by atoms with Crippen molar-refractivity contribution < 1.29 is 20.1 Å². The van der Waals surface area contributed by atoms with Crippen LogP contribution in [-0.4, -0.2) is 9.38 Å². The third-order valence-electron chi connectivity index (χ3n) is 5.15. The number of aromatic nitrogens is 2. The number of imidazole rings is 1. The molecule has 1 radical (unpaired) electrons. The minimum Gasteiger partial charge on any atom is -0.337 e. The number of aryl methyl sites for hydroxylation is 1. The summed E-state index contributed by atoms with van der Waals surface area (Å²) in [5.74, 6) is 0. The van der Waals surface area contributed by atoms with Gasteiger partial charge in [-0.2, -0.15) is 0 Å². The molecule has 4 aromatic rings. The molecule has 5 rings (SSSR count). The molecule has 3 heteroatoms. The Morgan fingerprint density at radius 1 is 1.22 bits per heavy atom. The van der Waals surface area contributed by atoms with E-state index in [-0.39, 0.29) is 25.5 Å². The normalized spacial score (nSPS) is 15.4. The average Bonchev–Trinajstić information content (AvgIpc) is 2.90. The molecular formula is C20H17IrN2-. The third kappa shape index (κ3) is 1.75. The molecule has 0 aliphatic carbocycles. The maximum atomic E-state index is 4.73. The van der Waals surface area contributed by atoms with Gasteiger partial charge in [-0.25, -0.2) is 0 Å². The number of hydrogen-bond donors (Lipinski definition) is 0. The van der Waals surface area contributed by atoms with Crippen LogP contribution in [0.3, 0.4) is 0 Å². The number of benzene rings is 2. The quantitative estimate of drug-likeness (QED) is 0.268. The Hall–Kier alpha value is -1.70. The predicted octanol–water partition coefficient (Wildman–Crippen LogP) is 4.58. The van der Waals surface area contributed by atoms with Crippen molar-refractivity contribution in [3.63, 3.8) is 0 Å². The SMILES string of the molecule is Cc1ccc2c3c1c1ccc[c-]c1c1ncc(n13)CC2(C)C.[Ir]. The van der Waals surface area contributed by atoms with E-state index in [4.69, 9.17) is 4.98 Å². The fraction of sp³-hybridized carbons (Fsp3) is 0.250. The third-order valence-corrected chi connectivity index (χ3v) is 5.15. The second kappa shape index (κ2) is 4.66. The molecule has 1 aliphatic rings. The summed E-state index contributed by atoms with van der Waals surface area (Å²) in [4.78, 5) is 4.73. The van der Waals surface area contributed by atoms with Crippen LogP contribution in [0.2, 0.25) is 0 Å². The van der Waals surface area contributed by atoms with Crippen molar-refractivity contribution in [1.82, 2.24) is 9.38 Å². The zero-order valence-electron chi connectivity index (χ0n) is 13.4. The fourth-order valence-corrected chi connectivity index (χ4v) is 4.13. The van der Waals surface area contributed by atoms with E-state index in [1.165, 1.54) is 33.1 Å². The number of fused-ring (bicyclic) bond motifs is 3. The van der Waals surface area contributed by atoms with Crippen LogP contribution in [0.1, 0.15) is 30.7 Å². The van der Waals surface area contributed by atoms with Gasteiger partial charge in [-0.15, -0.1) is 29.7 Å². The zero-order chi connectivity index (χ0) is 15.1. The van der Waals surface area contributed by atoms with Crippen LogP contribution in [-0.2, 0) is 31.9 Å². The maximum absolute atomic E-state index is 4.73. The molecule has 0 spiro atoms. The van der Waals surface area contributed by atoms with E-state index < -0.39 is 0 Å². The maximum Gasteiger partial charge on any atom is 0.0610 e. The van der Waals surface area contributed by atoms with Crippen LogP contribution >= 0.6 is 0 Å². The van der Waals surface area contributed by atoms with E-state index in [9.17, 15) is 0 Å². The predicted molar refractivity (Wildman–Crippen MR) is 90.5 cm³/mol. The van der Waals surface area contributed by atoms with Crippen LogP contribution in [0.15, 0.2) is 36.5 Å². The van der Waals surface area contributed by atoms with Crippen molar-refractivity contribution in [3.8, 4) is 0 Å². The first-order chi connectivity index (χ1) is 10.6. The summed E-state index contributed by atoms with van der Waals surface area (Å²) in [6.07, 6.45) is 3.07. The van der Waals surface area contributed by atoms with Crippen LogP contribution in [0.25, 0.3) is 27.3 Å². The largest absolute Gasteiger partial charge is 0.337 e. The van der Waals surface area contributed by atoms with Gasteiger partial charge >= 0.3 is 0 Å². The number of rotatable bonds is 0. The van der Waals surface area contributed by atoms with Crippen molar-refractivity contribution in [3.05, 3.63) is 59.4 Å². The summed E-state index contributed by atoms with van der Waals surface area (Å²) in [7, 11) is 0. The van der Waals surface area contributed by atoms with Crippen LogP contribution in [0.4, 0.5) is 0 Å². The second-order valence-electron chi connectivity index (χ2n) is 7.08. The Morgan fingerprint density at radius 3 is 2.87 bits per heavy atom. The van der Waals surface area contributed by atoms with Gasteiger partial charge in [0.1, 0.15) is 0 Å². The number of nitrogens with zero attached hydrogens (tertiary/aromatic N) is 2. The van der Waals surface area contributed by atoms with E-state index in [0.29, 0.717) is 0 Å². The Kier molecular flexibility index (Phi) is 3.01. The van der Waals surface area contributed by atoms with E-state index in [1.807, 2.05) is 12.3 Å². The van der Waals surface area contributed by atoms with Crippen molar-refractivity contribution >= 4 is 27.3 Å². The number of pyridine rings is 1. The fourth-order valence-electron chi connectivity index (χ4n) is 4.13. The Balaban J connectivity index is 0.00000135. The molecule has 0 saturated heterocycles. The van der Waals surface area contributed by atoms with Crippen LogP contribution in [0, 0.1) is 13.0 Å². The molecule has 2 aromatic carbocycles. The zero-order valence-corrected chi connectivity index (χ0v) is 15.8. The summed E-state index contributed by atoms with van der Waals surface area (Å²) in [5.41, 5.74) is 6.58. The van der Waals surface area contributed by atoms with Crippen molar-refractivity contribution in [2.24, 2.45) is 0 Å². The van der Waals surface area contributed by atoms with Gasteiger partial charge in [-0.3, -0.25) is 4.98 Å². The Labute approximate surface area is 148 Å². The molecule has 117 valence electrons. The first kappa shape index (κ1) is 14.9. The molecule has 1 aliphatic heterocycles. The molecule has 2 nitrogen and oxygen atoms in total. The molecule has 3 heterocycles. The van der Waals surface area contributed by atoms with E-state index in [0.717, 1.165) is 17.5 Å². The van der Waals surface area contributed by atoms with Gasteiger partial charge in [0.2, 0.25) is 0 Å². The molecule has 0 atom stereocenters. The smallest absolute Gasteiger partial charge is 0.0610 e. The van der Waals surface area contributed by atoms with Crippen LogP contribution < -0.4 is 0 Å². The van der Waals surface area contributed by atoms with Gasteiger partial charge in [-0.1, -0.05) is 36.9 Å². The average molecular weight is 478 g/mol. The molecule has 0 fully saturated rings. The summed E-state index contributed by atoms with van der Waals surface area (Å²) < 4.78 is 2.36. The van der Waals surface area contributed by atoms with Gasteiger partial charge < -0.3 is 4.40 Å². The molecule has 0 saturated carbocycles. The first-order valence-corrected chi connectivity index (χ1v) is 7.80. The van der Waals surface area contributed by atoms with Crippen molar-refractivity contribution in [1.29, 1.82) is 0 Å². The summed E-state index contributed by atoms with van der Waals surface area (Å²) in [6.45, 7) is 6.87. The molecule has 0 bridgehead atoms. The van der Waals surface area contributed by atoms with Gasteiger partial charge in [-0.05, 0) is 29.7 Å². The Morgan fingerprint density at radius 2 is 2.04 bits per heavy atom. The van der Waals surface area contributed by atoms with Crippen molar-refractivity contribution in [2.45, 2.75) is 32.6 Å². The summed E-state index contributed by atoms with van der Waals surface area (Å²) in [5, 5.41) is 3.74. The minimum atomic E-state index is 0. The van der Waals surface area contributed by atoms with Gasteiger partial charge in [0.15, 0.2) is 0 Å². The summed E-state index contributed by atoms with van der Waals surface area (Å²) in [6, 6.07) is 14.2.